The van der Waals surface area contributed by atoms with Gasteiger partial charge < -0.3 is 25.7 Å². The summed E-state index contributed by atoms with van der Waals surface area (Å²) in [6.45, 7) is 2.70. The Morgan fingerprint density at radius 3 is 2.46 bits per heavy atom. The Morgan fingerprint density at radius 2 is 1.85 bits per heavy atom. The summed E-state index contributed by atoms with van der Waals surface area (Å²) < 4.78 is 5.62. The van der Waals surface area contributed by atoms with Gasteiger partial charge in [-0.3, -0.25) is 4.79 Å². The van der Waals surface area contributed by atoms with Crippen molar-refractivity contribution in [1.82, 2.24) is 5.32 Å². The lowest BCUT2D eigenvalue weighted by atomic mass is 10.1. The second-order valence-electron chi connectivity index (χ2n) is 6.56. The van der Waals surface area contributed by atoms with Crippen molar-refractivity contribution in [1.29, 1.82) is 0 Å². The van der Waals surface area contributed by atoms with Gasteiger partial charge in [0.1, 0.15) is 0 Å². The highest BCUT2D eigenvalue weighted by Crippen LogP contribution is 2.13. The number of piperidine rings is 1. The Labute approximate surface area is 152 Å². The summed E-state index contributed by atoms with van der Waals surface area (Å²) in [7, 11) is 0. The molecule has 0 bridgehead atoms. The maximum absolute atomic E-state index is 12.5. The molecule has 1 saturated heterocycles. The van der Waals surface area contributed by atoms with Gasteiger partial charge in [-0.15, -0.1) is 0 Å². The molecule has 26 heavy (non-hydrogen) atoms. The average Bonchev–Trinajstić information content (AvgIpc) is 3.17. The maximum Gasteiger partial charge on any atom is 0.316 e. The van der Waals surface area contributed by atoms with Crippen LogP contribution in [0.15, 0.2) is 47.1 Å². The Kier molecular flexibility index (Phi) is 5.91. The van der Waals surface area contributed by atoms with Crippen molar-refractivity contribution in [2.75, 3.05) is 25.0 Å². The summed E-state index contributed by atoms with van der Waals surface area (Å²) >= 11 is 0. The lowest BCUT2D eigenvalue weighted by Crippen LogP contribution is -3.13. The number of nitrogens with two attached hydrogens (primary N) is 1. The lowest BCUT2D eigenvalue weighted by molar-refractivity contribution is -0.936. The van der Waals surface area contributed by atoms with E-state index in [1.807, 2.05) is 12.1 Å². The number of urea groups is 1. The number of carbonyl (C=O) groups is 2. The van der Waals surface area contributed by atoms with Crippen LogP contribution in [0.1, 0.15) is 41.4 Å². The minimum atomic E-state index is -0.631. The average molecular weight is 357 g/mol. The molecular weight excluding hydrogens is 332 g/mol. The van der Waals surface area contributed by atoms with Crippen molar-refractivity contribution in [3.05, 3.63) is 54.0 Å². The summed E-state index contributed by atoms with van der Waals surface area (Å²) in [5, 5.41) is 5.49. The van der Waals surface area contributed by atoms with E-state index in [1.165, 1.54) is 24.2 Å². The molecule has 5 N–H and O–H groups in total. The van der Waals surface area contributed by atoms with Crippen molar-refractivity contribution in [2.45, 2.75) is 25.3 Å². The molecule has 7 nitrogen and oxygen atoms in total. The molecule has 2 heterocycles. The number of likely N-dealkylation sites (tertiary alicyclic amines) is 1. The molecule has 0 radical (unpaired) electrons. The van der Waals surface area contributed by atoms with Gasteiger partial charge in [0.05, 0.1) is 25.9 Å². The van der Waals surface area contributed by atoms with Crippen LogP contribution in [0.4, 0.5) is 10.5 Å². The molecule has 138 valence electrons. The molecule has 1 fully saturated rings. The molecule has 0 saturated carbocycles. The monoisotopic (exact) mass is 357 g/mol. The summed E-state index contributed by atoms with van der Waals surface area (Å²) in [6, 6.07) is 9.98. The molecule has 1 aliphatic rings. The lowest BCUT2D eigenvalue weighted by Gasteiger charge is -2.30. The number of benzene rings is 1. The van der Waals surface area contributed by atoms with E-state index in [9.17, 15) is 9.59 Å². The molecule has 0 unspecified atom stereocenters. The third-order valence-corrected chi connectivity index (χ3v) is 4.76. The van der Waals surface area contributed by atoms with Crippen LogP contribution in [0.5, 0.6) is 0 Å². The number of amides is 3. The fourth-order valence-corrected chi connectivity index (χ4v) is 3.43. The Bertz CT molecular complexity index is 722. The molecule has 1 atom stereocenters. The number of anilines is 1. The molecule has 1 aromatic carbocycles. The van der Waals surface area contributed by atoms with Gasteiger partial charge >= 0.3 is 6.03 Å². The van der Waals surface area contributed by atoms with Crippen LogP contribution in [-0.2, 0) is 0 Å². The van der Waals surface area contributed by atoms with Gasteiger partial charge in [-0.05, 0) is 55.7 Å². The van der Waals surface area contributed by atoms with Crippen molar-refractivity contribution < 1.29 is 18.9 Å². The van der Waals surface area contributed by atoms with Gasteiger partial charge in [0.25, 0.3) is 5.91 Å². The minimum absolute atomic E-state index is 0.116. The van der Waals surface area contributed by atoms with Crippen molar-refractivity contribution in [2.24, 2.45) is 5.73 Å². The molecule has 3 rings (SSSR count). The highest BCUT2D eigenvalue weighted by Gasteiger charge is 2.28. The first kappa shape index (κ1) is 18.0. The smallest absolute Gasteiger partial charge is 0.316 e. The highest BCUT2D eigenvalue weighted by atomic mass is 16.3. The number of carbonyl (C=O) groups excluding carboxylic acids is 2. The maximum atomic E-state index is 12.5. The number of furan rings is 1. The molecular formula is C19H25N4O3+. The molecule has 3 amide bonds. The van der Waals surface area contributed by atoms with Crippen LogP contribution in [0.25, 0.3) is 0 Å². The van der Waals surface area contributed by atoms with Gasteiger partial charge in [-0.2, -0.15) is 0 Å². The van der Waals surface area contributed by atoms with E-state index in [4.69, 9.17) is 10.2 Å². The summed E-state index contributed by atoms with van der Waals surface area (Å²) in [4.78, 5) is 24.8. The number of primary amides is 1. The van der Waals surface area contributed by atoms with Crippen LogP contribution >= 0.6 is 0 Å². The fourth-order valence-electron chi connectivity index (χ4n) is 3.43. The Balaban J connectivity index is 1.62. The zero-order chi connectivity index (χ0) is 18.4. The standard InChI is InChI=1S/C19H24N4O3/c20-19(25)22-15-8-6-14(7-9-15)18(24)21-13-16(17-5-4-12-26-17)23-10-2-1-3-11-23/h4-9,12,16H,1-3,10-11,13H2,(H,21,24)(H3,20,22,25)/p+1/t16-/m0/s1. The third-order valence-electron chi connectivity index (χ3n) is 4.76. The van der Waals surface area contributed by atoms with Gasteiger partial charge in [-0.1, -0.05) is 0 Å². The second-order valence-corrected chi connectivity index (χ2v) is 6.56. The molecule has 0 spiro atoms. The SMILES string of the molecule is NC(=O)Nc1ccc(C(=O)NC[C@@H](c2ccco2)[NH+]2CCCCC2)cc1. The minimum Gasteiger partial charge on any atom is -0.463 e. The van der Waals surface area contributed by atoms with E-state index in [1.54, 1.807) is 30.5 Å². The van der Waals surface area contributed by atoms with E-state index in [2.05, 4.69) is 10.6 Å². The van der Waals surface area contributed by atoms with Crippen molar-refractivity contribution in [3.8, 4) is 0 Å². The van der Waals surface area contributed by atoms with Crippen LogP contribution < -0.4 is 21.3 Å². The first-order chi connectivity index (χ1) is 12.6. The van der Waals surface area contributed by atoms with E-state index >= 15 is 0 Å². The van der Waals surface area contributed by atoms with E-state index in [-0.39, 0.29) is 11.9 Å². The van der Waals surface area contributed by atoms with E-state index in [0.29, 0.717) is 17.8 Å². The topological polar surface area (TPSA) is 102 Å². The summed E-state index contributed by atoms with van der Waals surface area (Å²) in [5.41, 5.74) is 6.17. The first-order valence-corrected chi connectivity index (χ1v) is 8.96. The Hall–Kier alpha value is -2.80. The number of nitrogens with one attached hydrogen (secondary N) is 3. The molecule has 1 aromatic heterocycles. The molecule has 2 aromatic rings. The van der Waals surface area contributed by atoms with E-state index < -0.39 is 6.03 Å². The van der Waals surface area contributed by atoms with Crippen LogP contribution in [-0.4, -0.2) is 31.6 Å². The number of quaternary nitrogens is 1. The van der Waals surface area contributed by atoms with Gasteiger partial charge in [0, 0.05) is 11.3 Å². The van der Waals surface area contributed by atoms with Crippen LogP contribution in [0.2, 0.25) is 0 Å². The molecule has 0 aliphatic carbocycles. The predicted octanol–water partition coefficient (Wildman–Crippen LogP) is 1.31. The summed E-state index contributed by atoms with van der Waals surface area (Å²) in [5.74, 6) is 0.756. The molecule has 1 aliphatic heterocycles. The zero-order valence-electron chi connectivity index (χ0n) is 14.7. The molecule has 7 heteroatoms. The second kappa shape index (κ2) is 8.53. The number of rotatable bonds is 6. The van der Waals surface area contributed by atoms with Gasteiger partial charge in [0.15, 0.2) is 11.8 Å². The normalized spacial score (nSPS) is 16.0. The number of hydrogen-bond acceptors (Lipinski definition) is 3. The quantitative estimate of drug-likeness (QED) is 0.627. The first-order valence-electron chi connectivity index (χ1n) is 8.96. The van der Waals surface area contributed by atoms with Crippen molar-refractivity contribution >= 4 is 17.6 Å². The largest absolute Gasteiger partial charge is 0.463 e. The van der Waals surface area contributed by atoms with Gasteiger partial charge in [-0.25, -0.2) is 4.79 Å². The predicted molar refractivity (Wildman–Crippen MR) is 98.0 cm³/mol. The van der Waals surface area contributed by atoms with Crippen molar-refractivity contribution in [3.63, 3.8) is 0 Å². The Morgan fingerprint density at radius 1 is 1.12 bits per heavy atom. The van der Waals surface area contributed by atoms with E-state index in [0.717, 1.165) is 18.8 Å². The third kappa shape index (κ3) is 4.64. The summed E-state index contributed by atoms with van der Waals surface area (Å²) in [6.07, 6.45) is 5.36. The van der Waals surface area contributed by atoms with Crippen LogP contribution in [0.3, 0.4) is 0 Å². The number of hydrogen-bond donors (Lipinski definition) is 4. The highest BCUT2D eigenvalue weighted by molar-refractivity contribution is 5.95. The fraction of sp³-hybridized carbons (Fsp3) is 0.368. The zero-order valence-corrected chi connectivity index (χ0v) is 14.7. The van der Waals surface area contributed by atoms with Crippen LogP contribution in [0, 0.1) is 0 Å². The van der Waals surface area contributed by atoms with Gasteiger partial charge in [0.2, 0.25) is 0 Å².